The molecule has 142 valence electrons. The number of benzene rings is 1. The summed E-state index contributed by atoms with van der Waals surface area (Å²) >= 11 is 6.26. The van der Waals surface area contributed by atoms with Gasteiger partial charge in [-0.25, -0.2) is 0 Å². The zero-order valence-electron chi connectivity index (χ0n) is 15.5. The largest absolute Gasteiger partial charge is 0.356 e. The van der Waals surface area contributed by atoms with E-state index in [2.05, 4.69) is 24.3 Å². The van der Waals surface area contributed by atoms with Crippen LogP contribution in [0.5, 0.6) is 0 Å². The summed E-state index contributed by atoms with van der Waals surface area (Å²) in [6.45, 7) is 4.06. The van der Waals surface area contributed by atoms with Crippen LogP contribution < -0.4 is 0 Å². The molecule has 2 atom stereocenters. The summed E-state index contributed by atoms with van der Waals surface area (Å²) in [6.07, 6.45) is 7.36. The summed E-state index contributed by atoms with van der Waals surface area (Å²) in [6, 6.07) is 10.3. The van der Waals surface area contributed by atoms with Crippen LogP contribution in [-0.4, -0.2) is 41.1 Å². The van der Waals surface area contributed by atoms with Gasteiger partial charge in [0.25, 0.3) is 0 Å². The van der Waals surface area contributed by atoms with E-state index in [1.54, 1.807) is 0 Å². The summed E-state index contributed by atoms with van der Waals surface area (Å²) in [7, 11) is 0. The molecule has 1 N–H and O–H groups in total. The summed E-state index contributed by atoms with van der Waals surface area (Å²) in [4.78, 5) is 6.78. The Morgan fingerprint density at radius 1 is 1.22 bits per heavy atom. The zero-order valence-corrected chi connectivity index (χ0v) is 16.3. The van der Waals surface area contributed by atoms with E-state index in [9.17, 15) is 5.11 Å². The van der Waals surface area contributed by atoms with Gasteiger partial charge in [-0.2, -0.15) is 0 Å². The van der Waals surface area contributed by atoms with Crippen molar-refractivity contribution in [1.29, 1.82) is 0 Å². The fourth-order valence-electron chi connectivity index (χ4n) is 4.34. The molecule has 1 fully saturated rings. The molecule has 0 saturated carbocycles. The lowest BCUT2D eigenvalue weighted by Crippen LogP contribution is -2.43. The second kappa shape index (κ2) is 8.11. The number of pyridine rings is 1. The van der Waals surface area contributed by atoms with E-state index in [0.717, 1.165) is 36.6 Å². The van der Waals surface area contributed by atoms with E-state index in [1.165, 1.54) is 16.7 Å². The van der Waals surface area contributed by atoms with Crippen LogP contribution in [0.4, 0.5) is 0 Å². The number of nitrogens with zero attached hydrogens (tertiary/aromatic N) is 2. The highest BCUT2D eigenvalue weighted by molar-refractivity contribution is 6.30. The fraction of sp³-hybridized carbons (Fsp3) is 0.409. The van der Waals surface area contributed by atoms with Crippen molar-refractivity contribution in [3.05, 3.63) is 63.9 Å². The molecule has 4 rings (SSSR count). The SMILES string of the molecule is CCOC(O)N1CCC(C2c3ccc(Cl)cc3C=Cc3cccnc32)CC1. The van der Waals surface area contributed by atoms with E-state index in [-0.39, 0.29) is 5.92 Å². The molecule has 4 nitrogen and oxygen atoms in total. The molecule has 1 saturated heterocycles. The topological polar surface area (TPSA) is 45.6 Å². The Bertz CT molecular complexity index is 831. The van der Waals surface area contributed by atoms with Crippen LogP contribution in [0.2, 0.25) is 5.02 Å². The lowest BCUT2D eigenvalue weighted by Gasteiger charge is -2.38. The molecule has 5 heteroatoms. The summed E-state index contributed by atoms with van der Waals surface area (Å²) in [5.41, 5.74) is 4.77. The number of rotatable bonds is 4. The second-order valence-electron chi connectivity index (χ2n) is 7.22. The van der Waals surface area contributed by atoms with E-state index in [1.807, 2.05) is 36.2 Å². The maximum Gasteiger partial charge on any atom is 0.216 e. The van der Waals surface area contributed by atoms with Crippen molar-refractivity contribution in [3.63, 3.8) is 0 Å². The Hall–Kier alpha value is -1.72. The van der Waals surface area contributed by atoms with Crippen molar-refractivity contribution < 1.29 is 9.84 Å². The number of ether oxygens (including phenoxy) is 1. The molecule has 0 spiro atoms. The molecule has 1 aliphatic heterocycles. The third-order valence-corrected chi connectivity index (χ3v) is 5.90. The van der Waals surface area contributed by atoms with Gasteiger partial charge in [0.2, 0.25) is 6.41 Å². The minimum atomic E-state index is -0.803. The van der Waals surface area contributed by atoms with Crippen LogP contribution in [-0.2, 0) is 4.74 Å². The zero-order chi connectivity index (χ0) is 18.8. The second-order valence-corrected chi connectivity index (χ2v) is 7.65. The standard InChI is InChI=1S/C22H25ClN2O2/c1-2-27-22(26)25-12-9-15(10-13-25)20-19-8-7-18(23)14-17(19)6-5-16-4-3-11-24-21(16)20/h3-8,11,14-15,20,22,26H,2,9-10,12-13H2,1H3. The number of likely N-dealkylation sites (tertiary alicyclic amines) is 1. The monoisotopic (exact) mass is 384 g/mol. The number of aliphatic hydroxyl groups is 1. The molecular weight excluding hydrogens is 360 g/mol. The van der Waals surface area contributed by atoms with Crippen molar-refractivity contribution in [3.8, 4) is 0 Å². The average molecular weight is 385 g/mol. The Balaban J connectivity index is 1.65. The maximum absolute atomic E-state index is 10.1. The number of hydrogen-bond donors (Lipinski definition) is 1. The predicted octanol–water partition coefficient (Wildman–Crippen LogP) is 4.38. The van der Waals surface area contributed by atoms with Crippen LogP contribution in [0.3, 0.4) is 0 Å². The average Bonchev–Trinajstić information content (AvgIpc) is 2.85. The quantitative estimate of drug-likeness (QED) is 0.795. The molecule has 27 heavy (non-hydrogen) atoms. The lowest BCUT2D eigenvalue weighted by atomic mass is 9.76. The Morgan fingerprint density at radius 2 is 2.00 bits per heavy atom. The highest BCUT2D eigenvalue weighted by atomic mass is 35.5. The van der Waals surface area contributed by atoms with Crippen molar-refractivity contribution in [2.24, 2.45) is 5.92 Å². The minimum absolute atomic E-state index is 0.231. The first-order valence-electron chi connectivity index (χ1n) is 9.63. The van der Waals surface area contributed by atoms with Crippen LogP contribution in [0.25, 0.3) is 12.2 Å². The van der Waals surface area contributed by atoms with Crippen molar-refractivity contribution >= 4 is 23.8 Å². The molecule has 1 aliphatic carbocycles. The van der Waals surface area contributed by atoms with Crippen LogP contribution >= 0.6 is 11.6 Å². The first kappa shape index (κ1) is 18.6. The number of fused-ring (bicyclic) bond motifs is 2. The molecule has 2 aliphatic rings. The van der Waals surface area contributed by atoms with Gasteiger partial charge in [0.1, 0.15) is 0 Å². The molecule has 2 heterocycles. The summed E-state index contributed by atoms with van der Waals surface area (Å²) in [5, 5.41) is 10.9. The highest BCUT2D eigenvalue weighted by Gasteiger charge is 2.34. The van der Waals surface area contributed by atoms with Gasteiger partial charge in [-0.3, -0.25) is 9.88 Å². The van der Waals surface area contributed by atoms with Gasteiger partial charge in [-0.15, -0.1) is 0 Å². The van der Waals surface area contributed by atoms with Crippen LogP contribution in [0.1, 0.15) is 48.1 Å². The Labute approximate surface area is 165 Å². The minimum Gasteiger partial charge on any atom is -0.356 e. The molecule has 0 amide bonds. The molecule has 1 aromatic heterocycles. The summed E-state index contributed by atoms with van der Waals surface area (Å²) < 4.78 is 5.35. The van der Waals surface area contributed by atoms with Gasteiger partial charge in [0.05, 0.1) is 5.69 Å². The number of aromatic nitrogens is 1. The molecule has 0 bridgehead atoms. The number of aliphatic hydroxyl groups excluding tert-OH is 1. The normalized spacial score (nSPS) is 21.4. The van der Waals surface area contributed by atoms with Crippen molar-refractivity contribution in [1.82, 2.24) is 9.88 Å². The maximum atomic E-state index is 10.1. The predicted molar refractivity (Wildman–Crippen MR) is 108 cm³/mol. The van der Waals surface area contributed by atoms with E-state index in [0.29, 0.717) is 12.5 Å². The van der Waals surface area contributed by atoms with Gasteiger partial charge < -0.3 is 9.84 Å². The van der Waals surface area contributed by atoms with E-state index in [4.69, 9.17) is 21.3 Å². The van der Waals surface area contributed by atoms with Gasteiger partial charge in [-0.05, 0) is 60.6 Å². The highest BCUT2D eigenvalue weighted by Crippen LogP contribution is 2.42. The van der Waals surface area contributed by atoms with Crippen molar-refractivity contribution in [2.45, 2.75) is 32.1 Å². The lowest BCUT2D eigenvalue weighted by molar-refractivity contribution is -0.197. The van der Waals surface area contributed by atoms with Gasteiger partial charge >= 0.3 is 0 Å². The van der Waals surface area contributed by atoms with Gasteiger partial charge in [-0.1, -0.05) is 35.9 Å². The number of hydrogen-bond acceptors (Lipinski definition) is 4. The first-order chi connectivity index (χ1) is 13.2. The van der Waals surface area contributed by atoms with Crippen LogP contribution in [0, 0.1) is 5.92 Å². The van der Waals surface area contributed by atoms with Gasteiger partial charge in [0, 0.05) is 36.8 Å². The van der Waals surface area contributed by atoms with E-state index < -0.39 is 6.41 Å². The molecule has 2 unspecified atom stereocenters. The smallest absolute Gasteiger partial charge is 0.216 e. The Kier molecular flexibility index (Phi) is 5.60. The number of halogens is 1. The third kappa shape index (κ3) is 3.81. The van der Waals surface area contributed by atoms with E-state index >= 15 is 0 Å². The third-order valence-electron chi connectivity index (χ3n) is 5.67. The molecule has 2 aromatic rings. The van der Waals surface area contributed by atoms with Crippen LogP contribution in [0.15, 0.2) is 36.5 Å². The molecule has 1 aromatic carbocycles. The Morgan fingerprint density at radius 3 is 2.78 bits per heavy atom. The summed E-state index contributed by atoms with van der Waals surface area (Å²) in [5.74, 6) is 0.693. The molecule has 0 radical (unpaired) electrons. The molecular formula is C22H25ClN2O2. The van der Waals surface area contributed by atoms with Crippen molar-refractivity contribution in [2.75, 3.05) is 19.7 Å². The number of piperidine rings is 1. The fourth-order valence-corrected chi connectivity index (χ4v) is 4.52. The first-order valence-corrected chi connectivity index (χ1v) is 10.0. The van der Waals surface area contributed by atoms with Gasteiger partial charge in [0.15, 0.2) is 0 Å².